The maximum Gasteiger partial charge on any atom is 0.341 e. The highest BCUT2D eigenvalue weighted by molar-refractivity contribution is 8.00. The van der Waals surface area contributed by atoms with Crippen LogP contribution in [0.1, 0.15) is 52.1 Å². The zero-order chi connectivity index (χ0) is 34.8. The molecule has 0 aliphatic carbocycles. The van der Waals surface area contributed by atoms with Crippen molar-refractivity contribution in [3.63, 3.8) is 0 Å². The summed E-state index contributed by atoms with van der Waals surface area (Å²) in [6.45, 7) is 5.86. The van der Waals surface area contributed by atoms with E-state index in [1.807, 2.05) is 72.5 Å². The van der Waals surface area contributed by atoms with Gasteiger partial charge in [-0.25, -0.2) is 4.79 Å². The molecule has 0 aliphatic rings. The molecule has 0 aliphatic heterocycles. The Balaban J connectivity index is 1.31. The molecule has 2 aromatic heterocycles. The number of thiophene rings is 2. The Morgan fingerprint density at radius 3 is 2.37 bits per heavy atom. The summed E-state index contributed by atoms with van der Waals surface area (Å²) in [5.74, 6) is -1.64. The SMILES string of the molecule is CCOC(=O)c1c(-c2ccc(C)cc2)csc1NC(=O)C(CC)Sc1cccc(NC(=O)/C(=C/c2ccsc2)NC(=O)c2ccccc2)c1. The van der Waals surface area contributed by atoms with Gasteiger partial charge in [0.25, 0.3) is 11.8 Å². The topological polar surface area (TPSA) is 114 Å². The van der Waals surface area contributed by atoms with Crippen molar-refractivity contribution >= 4 is 74.9 Å². The van der Waals surface area contributed by atoms with Crippen molar-refractivity contribution in [3.05, 3.63) is 129 Å². The summed E-state index contributed by atoms with van der Waals surface area (Å²) in [5, 5.41) is 14.2. The zero-order valence-corrected chi connectivity index (χ0v) is 29.6. The lowest BCUT2D eigenvalue weighted by atomic mass is 10.0. The summed E-state index contributed by atoms with van der Waals surface area (Å²) in [7, 11) is 0. The molecule has 0 spiro atoms. The van der Waals surface area contributed by atoms with Crippen LogP contribution in [0.3, 0.4) is 0 Å². The van der Waals surface area contributed by atoms with Gasteiger partial charge in [0.05, 0.1) is 11.9 Å². The second-order valence-corrected chi connectivity index (χ2v) is 13.8. The van der Waals surface area contributed by atoms with Crippen molar-refractivity contribution in [2.45, 2.75) is 37.3 Å². The van der Waals surface area contributed by atoms with Crippen LogP contribution in [0.15, 0.2) is 112 Å². The van der Waals surface area contributed by atoms with Crippen LogP contribution in [-0.4, -0.2) is 35.5 Å². The maximum absolute atomic E-state index is 13.6. The third kappa shape index (κ3) is 9.35. The molecule has 0 bridgehead atoms. The molecule has 49 heavy (non-hydrogen) atoms. The molecule has 0 saturated carbocycles. The number of hydrogen-bond donors (Lipinski definition) is 3. The summed E-state index contributed by atoms with van der Waals surface area (Å²) in [6.07, 6.45) is 2.14. The lowest BCUT2D eigenvalue weighted by Crippen LogP contribution is -2.30. The van der Waals surface area contributed by atoms with Gasteiger partial charge in [-0.2, -0.15) is 11.3 Å². The number of esters is 1. The van der Waals surface area contributed by atoms with E-state index in [0.717, 1.165) is 21.6 Å². The van der Waals surface area contributed by atoms with Crippen LogP contribution in [0.25, 0.3) is 17.2 Å². The first-order chi connectivity index (χ1) is 23.7. The minimum Gasteiger partial charge on any atom is -0.462 e. The largest absolute Gasteiger partial charge is 0.462 e. The molecule has 3 amide bonds. The predicted molar refractivity (Wildman–Crippen MR) is 200 cm³/mol. The van der Waals surface area contributed by atoms with Gasteiger partial charge in [-0.1, -0.05) is 61.0 Å². The second-order valence-electron chi connectivity index (χ2n) is 10.9. The molecular formula is C38H35N3O5S3. The highest BCUT2D eigenvalue weighted by Crippen LogP contribution is 2.37. The summed E-state index contributed by atoms with van der Waals surface area (Å²) in [4.78, 5) is 53.8. The van der Waals surface area contributed by atoms with Gasteiger partial charge in [0.1, 0.15) is 16.3 Å². The van der Waals surface area contributed by atoms with E-state index in [2.05, 4.69) is 16.0 Å². The van der Waals surface area contributed by atoms with E-state index in [0.29, 0.717) is 33.8 Å². The predicted octanol–water partition coefficient (Wildman–Crippen LogP) is 8.88. The molecule has 3 aromatic carbocycles. The molecule has 0 saturated heterocycles. The monoisotopic (exact) mass is 709 g/mol. The number of carbonyl (C=O) groups is 4. The lowest BCUT2D eigenvalue weighted by molar-refractivity contribution is -0.116. The van der Waals surface area contributed by atoms with Crippen molar-refractivity contribution in [1.29, 1.82) is 0 Å². The van der Waals surface area contributed by atoms with Crippen molar-refractivity contribution in [3.8, 4) is 11.1 Å². The van der Waals surface area contributed by atoms with Gasteiger partial charge >= 0.3 is 5.97 Å². The summed E-state index contributed by atoms with van der Waals surface area (Å²) in [6, 6.07) is 25.6. The number of carbonyl (C=O) groups excluding carboxylic acids is 4. The van der Waals surface area contributed by atoms with Crippen LogP contribution in [0, 0.1) is 6.92 Å². The number of benzene rings is 3. The minimum atomic E-state index is -0.495. The van der Waals surface area contributed by atoms with E-state index in [1.165, 1.54) is 34.4 Å². The van der Waals surface area contributed by atoms with E-state index in [1.54, 1.807) is 55.5 Å². The number of aryl methyl sites for hydroxylation is 1. The normalized spacial score (nSPS) is 11.8. The van der Waals surface area contributed by atoms with Gasteiger partial charge in [0.15, 0.2) is 0 Å². The molecular weight excluding hydrogens is 675 g/mol. The van der Waals surface area contributed by atoms with E-state index in [-0.39, 0.29) is 18.2 Å². The van der Waals surface area contributed by atoms with Crippen LogP contribution in [0.2, 0.25) is 0 Å². The fourth-order valence-corrected chi connectivity index (χ4v) is 7.38. The molecule has 5 rings (SSSR count). The number of hydrogen-bond acceptors (Lipinski definition) is 8. The first-order valence-electron chi connectivity index (χ1n) is 15.6. The fourth-order valence-electron chi connectivity index (χ4n) is 4.79. The highest BCUT2D eigenvalue weighted by Gasteiger charge is 2.26. The van der Waals surface area contributed by atoms with Gasteiger partial charge in [-0.15, -0.1) is 23.1 Å². The Morgan fingerprint density at radius 2 is 1.67 bits per heavy atom. The second kappa shape index (κ2) is 16.9. The van der Waals surface area contributed by atoms with E-state index in [4.69, 9.17) is 4.74 Å². The summed E-state index contributed by atoms with van der Waals surface area (Å²) in [5.41, 5.74) is 4.80. The van der Waals surface area contributed by atoms with E-state index >= 15 is 0 Å². The van der Waals surface area contributed by atoms with Crippen LogP contribution >= 0.6 is 34.4 Å². The molecule has 0 radical (unpaired) electrons. The molecule has 0 fully saturated rings. The highest BCUT2D eigenvalue weighted by atomic mass is 32.2. The Morgan fingerprint density at radius 1 is 0.898 bits per heavy atom. The molecule has 3 N–H and O–H groups in total. The van der Waals surface area contributed by atoms with Crippen LogP contribution in [-0.2, 0) is 14.3 Å². The molecule has 11 heteroatoms. The van der Waals surface area contributed by atoms with Gasteiger partial charge in [0, 0.05) is 27.1 Å². The van der Waals surface area contributed by atoms with Gasteiger partial charge in [-0.3, -0.25) is 14.4 Å². The van der Waals surface area contributed by atoms with Gasteiger partial charge in [0.2, 0.25) is 5.91 Å². The number of nitrogens with one attached hydrogen (secondary N) is 3. The fraction of sp³-hybridized carbons (Fsp3) is 0.158. The van der Waals surface area contributed by atoms with Crippen molar-refractivity contribution in [2.75, 3.05) is 17.2 Å². The van der Waals surface area contributed by atoms with Crippen LogP contribution in [0.4, 0.5) is 10.7 Å². The van der Waals surface area contributed by atoms with E-state index < -0.39 is 23.0 Å². The first-order valence-corrected chi connectivity index (χ1v) is 18.3. The Labute approximate surface area is 297 Å². The van der Waals surface area contributed by atoms with Crippen LogP contribution < -0.4 is 16.0 Å². The third-order valence-electron chi connectivity index (χ3n) is 7.29. The lowest BCUT2D eigenvalue weighted by Gasteiger charge is -2.16. The van der Waals surface area contributed by atoms with Crippen molar-refractivity contribution in [1.82, 2.24) is 5.32 Å². The number of amides is 3. The average molecular weight is 710 g/mol. The molecule has 5 aromatic rings. The van der Waals surface area contributed by atoms with Crippen LogP contribution in [0.5, 0.6) is 0 Å². The number of ether oxygens (including phenoxy) is 1. The minimum absolute atomic E-state index is 0.0921. The Bertz CT molecular complexity index is 1950. The number of rotatable bonds is 13. The third-order valence-corrected chi connectivity index (χ3v) is 10.2. The number of thioether (sulfide) groups is 1. The molecule has 8 nitrogen and oxygen atoms in total. The maximum atomic E-state index is 13.6. The average Bonchev–Trinajstić information content (AvgIpc) is 3.78. The molecule has 1 unspecified atom stereocenters. The molecule has 2 heterocycles. The smallest absolute Gasteiger partial charge is 0.341 e. The standard InChI is InChI=1S/C38H35N3O5S3/c1-4-32(36(44)41-37-33(38(45)46-5-2)30(23-48-37)26-16-14-24(3)15-17-26)49-29-13-9-12-28(21-29)39-35(43)31(20-25-18-19-47-22-25)40-34(42)27-10-7-6-8-11-27/h6-23,32H,4-5H2,1-3H3,(H,39,43)(H,40,42)(H,41,44)/b31-20-. The summed E-state index contributed by atoms with van der Waals surface area (Å²) < 4.78 is 5.36. The number of anilines is 2. The Kier molecular flexibility index (Phi) is 12.2. The Hall–Kier alpha value is -4.97. The van der Waals surface area contributed by atoms with E-state index in [9.17, 15) is 19.2 Å². The molecule has 1 atom stereocenters. The van der Waals surface area contributed by atoms with Crippen molar-refractivity contribution in [2.24, 2.45) is 0 Å². The zero-order valence-electron chi connectivity index (χ0n) is 27.1. The summed E-state index contributed by atoms with van der Waals surface area (Å²) >= 11 is 4.12. The molecule has 250 valence electrons. The van der Waals surface area contributed by atoms with Gasteiger partial charge < -0.3 is 20.7 Å². The van der Waals surface area contributed by atoms with Gasteiger partial charge in [-0.05, 0) is 84.6 Å². The quantitative estimate of drug-likeness (QED) is 0.0640. The first kappa shape index (κ1) is 35.3. The van der Waals surface area contributed by atoms with Crippen molar-refractivity contribution < 1.29 is 23.9 Å².